The Morgan fingerprint density at radius 3 is 2.43 bits per heavy atom. The number of nitrogens with zero attached hydrogens (tertiary/aromatic N) is 1. The SMILES string of the molecule is Cc1ccc(S(=O)(=O)N(C)CCC2=CC(=O)CCC2)cc1. The quantitative estimate of drug-likeness (QED) is 0.840. The monoisotopic (exact) mass is 307 g/mol. The number of hydrogen-bond acceptors (Lipinski definition) is 3. The van der Waals surface area contributed by atoms with E-state index < -0.39 is 10.0 Å². The summed E-state index contributed by atoms with van der Waals surface area (Å²) >= 11 is 0. The normalized spacial score (nSPS) is 16.1. The molecule has 0 atom stereocenters. The van der Waals surface area contributed by atoms with Crippen molar-refractivity contribution >= 4 is 15.8 Å². The molecule has 0 fully saturated rings. The Kier molecular flexibility index (Phi) is 4.96. The molecular weight excluding hydrogens is 286 g/mol. The van der Waals surface area contributed by atoms with Crippen LogP contribution in [-0.4, -0.2) is 32.1 Å². The van der Waals surface area contributed by atoms with Crippen LogP contribution in [0.3, 0.4) is 0 Å². The van der Waals surface area contributed by atoms with Crippen LogP contribution in [-0.2, 0) is 14.8 Å². The molecule has 5 heteroatoms. The fraction of sp³-hybridized carbons (Fsp3) is 0.438. The summed E-state index contributed by atoms with van der Waals surface area (Å²) in [4.78, 5) is 11.7. The standard InChI is InChI=1S/C16H21NO3S/c1-13-6-8-16(9-7-13)21(19,20)17(2)11-10-14-4-3-5-15(18)12-14/h6-9,12H,3-5,10-11H2,1-2H3. The summed E-state index contributed by atoms with van der Waals surface area (Å²) in [6.07, 6.45) is 4.67. The number of allylic oxidation sites excluding steroid dienone is 1. The van der Waals surface area contributed by atoms with E-state index in [2.05, 4.69) is 0 Å². The molecule has 114 valence electrons. The molecule has 0 aliphatic heterocycles. The van der Waals surface area contributed by atoms with Crippen molar-refractivity contribution in [1.82, 2.24) is 4.31 Å². The number of sulfonamides is 1. The van der Waals surface area contributed by atoms with Crippen LogP contribution >= 0.6 is 0 Å². The Labute approximate surface area is 126 Å². The van der Waals surface area contributed by atoms with E-state index in [9.17, 15) is 13.2 Å². The second-order valence-corrected chi connectivity index (χ2v) is 7.56. The van der Waals surface area contributed by atoms with Crippen molar-refractivity contribution in [2.75, 3.05) is 13.6 Å². The van der Waals surface area contributed by atoms with Gasteiger partial charge in [-0.1, -0.05) is 23.3 Å². The van der Waals surface area contributed by atoms with Crippen molar-refractivity contribution in [3.05, 3.63) is 41.5 Å². The van der Waals surface area contributed by atoms with Crippen LogP contribution in [0.5, 0.6) is 0 Å². The summed E-state index contributed by atoms with van der Waals surface area (Å²) in [6.45, 7) is 2.32. The summed E-state index contributed by atoms with van der Waals surface area (Å²) in [5, 5.41) is 0. The highest BCUT2D eigenvalue weighted by Gasteiger charge is 2.21. The Bertz CT molecular complexity index is 645. The van der Waals surface area contributed by atoms with Gasteiger partial charge in [-0.05, 0) is 44.4 Å². The molecule has 0 saturated heterocycles. The molecule has 0 unspecified atom stereocenters. The molecule has 0 amide bonds. The maximum absolute atomic E-state index is 12.4. The van der Waals surface area contributed by atoms with Crippen molar-refractivity contribution in [1.29, 1.82) is 0 Å². The number of hydrogen-bond donors (Lipinski definition) is 0. The third-order valence-corrected chi connectivity index (χ3v) is 5.63. The van der Waals surface area contributed by atoms with Gasteiger partial charge in [-0.15, -0.1) is 0 Å². The minimum absolute atomic E-state index is 0.153. The molecule has 0 aromatic heterocycles. The zero-order valence-corrected chi connectivity index (χ0v) is 13.3. The molecule has 2 rings (SSSR count). The van der Waals surface area contributed by atoms with Crippen LogP contribution in [0.4, 0.5) is 0 Å². The van der Waals surface area contributed by atoms with Gasteiger partial charge < -0.3 is 0 Å². The first-order chi connectivity index (χ1) is 9.89. The van der Waals surface area contributed by atoms with Crippen molar-refractivity contribution in [2.45, 2.75) is 37.5 Å². The van der Waals surface area contributed by atoms with Crippen LogP contribution in [0.15, 0.2) is 40.8 Å². The van der Waals surface area contributed by atoms with Gasteiger partial charge in [0.1, 0.15) is 0 Å². The molecule has 1 aliphatic rings. The summed E-state index contributed by atoms with van der Waals surface area (Å²) in [5.74, 6) is 0.153. The van der Waals surface area contributed by atoms with Crippen LogP contribution in [0.25, 0.3) is 0 Å². The average Bonchev–Trinajstić information content (AvgIpc) is 2.45. The Balaban J connectivity index is 2.03. The van der Waals surface area contributed by atoms with Gasteiger partial charge in [0.05, 0.1) is 4.90 Å². The lowest BCUT2D eigenvalue weighted by Gasteiger charge is -2.19. The first kappa shape index (κ1) is 15.9. The van der Waals surface area contributed by atoms with Crippen molar-refractivity contribution in [3.63, 3.8) is 0 Å². The van der Waals surface area contributed by atoms with Crippen molar-refractivity contribution in [3.8, 4) is 0 Å². The van der Waals surface area contributed by atoms with Crippen molar-refractivity contribution < 1.29 is 13.2 Å². The molecular formula is C16H21NO3S. The molecule has 1 aromatic carbocycles. The molecule has 0 bridgehead atoms. The molecule has 4 nitrogen and oxygen atoms in total. The van der Waals surface area contributed by atoms with Gasteiger partial charge in [0.25, 0.3) is 0 Å². The molecule has 1 aromatic rings. The van der Waals surface area contributed by atoms with E-state index in [1.54, 1.807) is 37.4 Å². The molecule has 0 saturated carbocycles. The van der Waals surface area contributed by atoms with Gasteiger partial charge in [-0.3, -0.25) is 4.79 Å². The van der Waals surface area contributed by atoms with Gasteiger partial charge in [0, 0.05) is 20.0 Å². The number of rotatable bonds is 5. The first-order valence-electron chi connectivity index (χ1n) is 7.15. The minimum Gasteiger partial charge on any atom is -0.295 e. The largest absolute Gasteiger partial charge is 0.295 e. The van der Waals surface area contributed by atoms with Crippen LogP contribution < -0.4 is 0 Å². The lowest BCUT2D eigenvalue weighted by Crippen LogP contribution is -2.28. The number of carbonyl (C=O) groups is 1. The lowest BCUT2D eigenvalue weighted by molar-refractivity contribution is -0.115. The summed E-state index contributed by atoms with van der Waals surface area (Å²) in [7, 11) is -1.87. The zero-order valence-electron chi connectivity index (χ0n) is 12.5. The second-order valence-electron chi connectivity index (χ2n) is 5.51. The van der Waals surface area contributed by atoms with E-state index in [-0.39, 0.29) is 5.78 Å². The molecule has 0 spiro atoms. The first-order valence-corrected chi connectivity index (χ1v) is 8.59. The van der Waals surface area contributed by atoms with Crippen LogP contribution in [0.1, 0.15) is 31.2 Å². The summed E-state index contributed by atoms with van der Waals surface area (Å²) < 4.78 is 26.2. The fourth-order valence-electron chi connectivity index (χ4n) is 2.37. The molecule has 1 aliphatic carbocycles. The van der Waals surface area contributed by atoms with E-state index in [1.165, 1.54) is 4.31 Å². The van der Waals surface area contributed by atoms with E-state index in [0.29, 0.717) is 24.3 Å². The average molecular weight is 307 g/mol. The molecule has 0 heterocycles. The number of aryl methyl sites for hydroxylation is 1. The number of carbonyl (C=O) groups excluding carboxylic acids is 1. The molecule has 0 radical (unpaired) electrons. The third kappa shape index (κ3) is 4.02. The maximum atomic E-state index is 12.4. The highest BCUT2D eigenvalue weighted by molar-refractivity contribution is 7.89. The van der Waals surface area contributed by atoms with Gasteiger partial charge in [-0.25, -0.2) is 12.7 Å². The Hall–Kier alpha value is -1.46. The van der Waals surface area contributed by atoms with Gasteiger partial charge in [-0.2, -0.15) is 0 Å². The van der Waals surface area contributed by atoms with E-state index in [4.69, 9.17) is 0 Å². The van der Waals surface area contributed by atoms with Crippen LogP contribution in [0.2, 0.25) is 0 Å². The predicted octanol–water partition coefficient (Wildman–Crippen LogP) is 2.69. The van der Waals surface area contributed by atoms with Gasteiger partial charge in [0.2, 0.25) is 10.0 Å². The summed E-state index contributed by atoms with van der Waals surface area (Å²) in [5.41, 5.74) is 2.08. The topological polar surface area (TPSA) is 54.5 Å². The van der Waals surface area contributed by atoms with E-state index in [0.717, 1.165) is 24.0 Å². The fourth-order valence-corrected chi connectivity index (χ4v) is 3.54. The Morgan fingerprint density at radius 2 is 1.81 bits per heavy atom. The second kappa shape index (κ2) is 6.54. The number of benzene rings is 1. The smallest absolute Gasteiger partial charge is 0.242 e. The van der Waals surface area contributed by atoms with Gasteiger partial charge in [0.15, 0.2) is 5.78 Å². The van der Waals surface area contributed by atoms with E-state index >= 15 is 0 Å². The van der Waals surface area contributed by atoms with E-state index in [1.807, 2.05) is 6.92 Å². The maximum Gasteiger partial charge on any atom is 0.242 e. The highest BCUT2D eigenvalue weighted by atomic mass is 32.2. The predicted molar refractivity (Wildman–Crippen MR) is 82.6 cm³/mol. The van der Waals surface area contributed by atoms with Crippen LogP contribution in [0, 0.1) is 6.92 Å². The highest BCUT2D eigenvalue weighted by Crippen LogP contribution is 2.20. The molecule has 0 N–H and O–H groups in total. The van der Waals surface area contributed by atoms with Gasteiger partial charge >= 0.3 is 0 Å². The zero-order chi connectivity index (χ0) is 15.5. The van der Waals surface area contributed by atoms with Crippen molar-refractivity contribution in [2.24, 2.45) is 0 Å². The Morgan fingerprint density at radius 1 is 1.14 bits per heavy atom. The summed E-state index contributed by atoms with van der Waals surface area (Å²) in [6, 6.07) is 6.85. The molecule has 21 heavy (non-hydrogen) atoms. The lowest BCUT2D eigenvalue weighted by atomic mass is 9.96. The number of ketones is 1. The third-order valence-electron chi connectivity index (χ3n) is 3.76. The minimum atomic E-state index is -3.45.